The van der Waals surface area contributed by atoms with Crippen molar-refractivity contribution in [1.29, 1.82) is 0 Å². The SMILES string of the molecule is CCC(N)Cc1cc(Br)ccc1OC1CCCCCC1. The average molecular weight is 340 g/mol. The third-order valence-electron chi connectivity index (χ3n) is 4.12. The third kappa shape index (κ3) is 4.78. The predicted octanol–water partition coefficient (Wildman–Crippen LogP) is 4.83. The predicted molar refractivity (Wildman–Crippen MR) is 88.2 cm³/mol. The minimum absolute atomic E-state index is 0.209. The first-order chi connectivity index (χ1) is 9.69. The molecule has 1 aromatic rings. The van der Waals surface area contributed by atoms with Crippen LogP contribution in [0, 0.1) is 0 Å². The second kappa shape index (κ2) is 8.04. The second-order valence-electron chi connectivity index (χ2n) is 5.86. The number of benzene rings is 1. The van der Waals surface area contributed by atoms with Crippen molar-refractivity contribution in [2.24, 2.45) is 5.73 Å². The molecule has 3 heteroatoms. The van der Waals surface area contributed by atoms with Gasteiger partial charge in [0, 0.05) is 10.5 Å². The van der Waals surface area contributed by atoms with Crippen LogP contribution in [0.2, 0.25) is 0 Å². The average Bonchev–Trinajstić information content (AvgIpc) is 2.70. The van der Waals surface area contributed by atoms with E-state index in [-0.39, 0.29) is 6.04 Å². The number of nitrogens with two attached hydrogens (primary N) is 1. The number of rotatable bonds is 5. The molecule has 1 unspecified atom stereocenters. The van der Waals surface area contributed by atoms with Gasteiger partial charge in [-0.25, -0.2) is 0 Å². The Balaban J connectivity index is 2.08. The highest BCUT2D eigenvalue weighted by Gasteiger charge is 2.16. The molecule has 0 radical (unpaired) electrons. The molecule has 0 bridgehead atoms. The summed E-state index contributed by atoms with van der Waals surface area (Å²) >= 11 is 3.55. The molecule has 0 saturated heterocycles. The van der Waals surface area contributed by atoms with E-state index in [1.54, 1.807) is 0 Å². The summed E-state index contributed by atoms with van der Waals surface area (Å²) < 4.78 is 7.39. The van der Waals surface area contributed by atoms with E-state index < -0.39 is 0 Å². The molecule has 20 heavy (non-hydrogen) atoms. The lowest BCUT2D eigenvalue weighted by Crippen LogP contribution is -2.23. The van der Waals surface area contributed by atoms with E-state index in [0.717, 1.165) is 23.1 Å². The van der Waals surface area contributed by atoms with Gasteiger partial charge in [0.2, 0.25) is 0 Å². The van der Waals surface area contributed by atoms with Gasteiger partial charge in [-0.1, -0.05) is 35.7 Å². The molecule has 0 heterocycles. The van der Waals surface area contributed by atoms with Gasteiger partial charge < -0.3 is 10.5 Å². The number of ether oxygens (including phenoxy) is 1. The number of halogens is 1. The van der Waals surface area contributed by atoms with Crippen molar-refractivity contribution in [3.05, 3.63) is 28.2 Å². The van der Waals surface area contributed by atoms with Crippen LogP contribution in [0.15, 0.2) is 22.7 Å². The Bertz CT molecular complexity index is 413. The summed E-state index contributed by atoms with van der Waals surface area (Å²) in [7, 11) is 0. The van der Waals surface area contributed by atoms with Crippen molar-refractivity contribution < 1.29 is 4.74 Å². The standard InChI is InChI=1S/C17H26BrNO/c1-2-15(19)12-13-11-14(18)9-10-17(13)20-16-7-5-3-4-6-8-16/h9-11,15-16H,2-8,12,19H2,1H3. The van der Waals surface area contributed by atoms with Crippen molar-refractivity contribution >= 4 is 15.9 Å². The van der Waals surface area contributed by atoms with Gasteiger partial charge in [-0.2, -0.15) is 0 Å². The summed E-state index contributed by atoms with van der Waals surface area (Å²) in [6, 6.07) is 6.52. The molecular weight excluding hydrogens is 314 g/mol. The van der Waals surface area contributed by atoms with Gasteiger partial charge in [-0.3, -0.25) is 0 Å². The van der Waals surface area contributed by atoms with Gasteiger partial charge in [0.15, 0.2) is 0 Å². The van der Waals surface area contributed by atoms with Gasteiger partial charge in [0.25, 0.3) is 0 Å². The first-order valence-corrected chi connectivity index (χ1v) is 8.69. The molecule has 112 valence electrons. The molecule has 1 saturated carbocycles. The van der Waals surface area contributed by atoms with E-state index in [1.165, 1.54) is 44.1 Å². The fourth-order valence-electron chi connectivity index (χ4n) is 2.79. The van der Waals surface area contributed by atoms with E-state index in [4.69, 9.17) is 10.5 Å². The molecule has 1 aliphatic rings. The maximum Gasteiger partial charge on any atom is 0.123 e. The van der Waals surface area contributed by atoms with Crippen molar-refractivity contribution in [3.63, 3.8) is 0 Å². The topological polar surface area (TPSA) is 35.2 Å². The lowest BCUT2D eigenvalue weighted by Gasteiger charge is -2.21. The van der Waals surface area contributed by atoms with E-state index in [1.807, 2.05) is 0 Å². The zero-order chi connectivity index (χ0) is 14.4. The van der Waals surface area contributed by atoms with Gasteiger partial charge in [-0.15, -0.1) is 0 Å². The van der Waals surface area contributed by atoms with E-state index in [0.29, 0.717) is 6.10 Å². The highest BCUT2D eigenvalue weighted by molar-refractivity contribution is 9.10. The lowest BCUT2D eigenvalue weighted by molar-refractivity contribution is 0.181. The van der Waals surface area contributed by atoms with Crippen molar-refractivity contribution in [2.45, 2.75) is 70.4 Å². The summed E-state index contributed by atoms with van der Waals surface area (Å²) in [5.41, 5.74) is 7.35. The molecule has 0 amide bonds. The van der Waals surface area contributed by atoms with Crippen LogP contribution < -0.4 is 10.5 Å². The molecule has 1 fully saturated rings. The van der Waals surface area contributed by atoms with Crippen LogP contribution in [0.5, 0.6) is 5.75 Å². The monoisotopic (exact) mass is 339 g/mol. The first-order valence-electron chi connectivity index (χ1n) is 7.89. The molecular formula is C17H26BrNO. The van der Waals surface area contributed by atoms with Gasteiger partial charge in [0.05, 0.1) is 6.10 Å². The van der Waals surface area contributed by atoms with Gasteiger partial charge >= 0.3 is 0 Å². The number of hydrogen-bond donors (Lipinski definition) is 1. The highest BCUT2D eigenvalue weighted by Crippen LogP contribution is 2.28. The minimum atomic E-state index is 0.209. The summed E-state index contributed by atoms with van der Waals surface area (Å²) in [6.45, 7) is 2.13. The van der Waals surface area contributed by atoms with Crippen LogP contribution in [-0.4, -0.2) is 12.1 Å². The van der Waals surface area contributed by atoms with E-state index in [2.05, 4.69) is 41.1 Å². The maximum atomic E-state index is 6.29. The summed E-state index contributed by atoms with van der Waals surface area (Å²) in [6.07, 6.45) is 9.95. The molecule has 2 rings (SSSR count). The van der Waals surface area contributed by atoms with E-state index >= 15 is 0 Å². The Morgan fingerprint density at radius 3 is 2.60 bits per heavy atom. The normalized spacial score (nSPS) is 18.6. The minimum Gasteiger partial charge on any atom is -0.490 e. The van der Waals surface area contributed by atoms with Crippen molar-refractivity contribution in [2.75, 3.05) is 0 Å². The molecule has 0 spiro atoms. The van der Waals surface area contributed by atoms with Crippen LogP contribution >= 0.6 is 15.9 Å². The lowest BCUT2D eigenvalue weighted by atomic mass is 10.0. The van der Waals surface area contributed by atoms with E-state index in [9.17, 15) is 0 Å². The fourth-order valence-corrected chi connectivity index (χ4v) is 3.20. The fraction of sp³-hybridized carbons (Fsp3) is 0.647. The molecule has 0 aliphatic heterocycles. The Kier molecular flexibility index (Phi) is 6.37. The van der Waals surface area contributed by atoms with Crippen molar-refractivity contribution in [3.8, 4) is 5.75 Å². The smallest absolute Gasteiger partial charge is 0.123 e. The zero-order valence-electron chi connectivity index (χ0n) is 12.4. The van der Waals surface area contributed by atoms with Crippen molar-refractivity contribution in [1.82, 2.24) is 0 Å². The Hall–Kier alpha value is -0.540. The summed E-state index contributed by atoms with van der Waals surface area (Å²) in [5.74, 6) is 1.03. The first kappa shape index (κ1) is 15.8. The van der Waals surface area contributed by atoms with Gasteiger partial charge in [0.1, 0.15) is 5.75 Å². The Labute approximate surface area is 131 Å². The van der Waals surface area contributed by atoms with Crippen LogP contribution in [-0.2, 0) is 6.42 Å². The van der Waals surface area contributed by atoms with Crippen LogP contribution in [0.4, 0.5) is 0 Å². The Morgan fingerprint density at radius 2 is 1.95 bits per heavy atom. The third-order valence-corrected chi connectivity index (χ3v) is 4.62. The zero-order valence-corrected chi connectivity index (χ0v) is 14.0. The summed E-state index contributed by atoms with van der Waals surface area (Å²) in [4.78, 5) is 0. The maximum absolute atomic E-state index is 6.29. The Morgan fingerprint density at radius 1 is 1.25 bits per heavy atom. The molecule has 1 aromatic carbocycles. The van der Waals surface area contributed by atoms with Crippen LogP contribution in [0.25, 0.3) is 0 Å². The molecule has 2 N–H and O–H groups in total. The second-order valence-corrected chi connectivity index (χ2v) is 6.77. The summed E-state index contributed by atoms with van der Waals surface area (Å²) in [5, 5.41) is 0. The number of hydrogen-bond acceptors (Lipinski definition) is 2. The van der Waals surface area contributed by atoms with Crippen LogP contribution in [0.1, 0.15) is 57.4 Å². The van der Waals surface area contributed by atoms with Gasteiger partial charge in [-0.05, 0) is 62.3 Å². The molecule has 1 atom stereocenters. The van der Waals surface area contributed by atoms with Crippen LogP contribution in [0.3, 0.4) is 0 Å². The molecule has 2 nitrogen and oxygen atoms in total. The largest absolute Gasteiger partial charge is 0.490 e. The molecule has 0 aromatic heterocycles. The highest BCUT2D eigenvalue weighted by atomic mass is 79.9. The quantitative estimate of drug-likeness (QED) is 0.779. The molecule has 1 aliphatic carbocycles.